The van der Waals surface area contributed by atoms with Crippen LogP contribution in [0.1, 0.15) is 38.2 Å². The van der Waals surface area contributed by atoms with Crippen molar-refractivity contribution in [2.45, 2.75) is 32.6 Å². The van der Waals surface area contributed by atoms with E-state index in [0.717, 1.165) is 41.3 Å². The number of amides is 1. The van der Waals surface area contributed by atoms with Gasteiger partial charge in [-0.1, -0.05) is 12.0 Å². The van der Waals surface area contributed by atoms with Gasteiger partial charge in [-0.15, -0.1) is 6.42 Å². The molecule has 0 bridgehead atoms. The molecule has 1 unspecified atom stereocenters. The maximum Gasteiger partial charge on any atom is 0.225 e. The first kappa shape index (κ1) is 21.7. The van der Waals surface area contributed by atoms with Crippen molar-refractivity contribution in [2.75, 3.05) is 0 Å². The number of hydrogen-bond acceptors (Lipinski definition) is 3. The maximum absolute atomic E-state index is 13.8. The van der Waals surface area contributed by atoms with E-state index in [0.29, 0.717) is 30.0 Å². The first-order chi connectivity index (χ1) is 15.5. The zero-order valence-corrected chi connectivity index (χ0v) is 18.1. The van der Waals surface area contributed by atoms with Crippen LogP contribution in [0.3, 0.4) is 0 Å². The molecule has 0 saturated heterocycles. The summed E-state index contributed by atoms with van der Waals surface area (Å²) in [5.41, 5.74) is 3.89. The van der Waals surface area contributed by atoms with Crippen LogP contribution in [0.25, 0.3) is 16.5 Å². The maximum atomic E-state index is 13.8. The third-order valence-corrected chi connectivity index (χ3v) is 6.42. The van der Waals surface area contributed by atoms with E-state index in [2.05, 4.69) is 34.0 Å². The molecule has 1 aromatic carbocycles. The first-order valence-corrected chi connectivity index (χ1v) is 10.8. The van der Waals surface area contributed by atoms with Gasteiger partial charge in [0.05, 0.1) is 5.52 Å². The minimum Gasteiger partial charge on any atom is -0.311 e. The molecule has 32 heavy (non-hydrogen) atoms. The van der Waals surface area contributed by atoms with Crippen LogP contribution in [-0.4, -0.2) is 17.6 Å². The SMILES string of the molecule is C#C/C(C)=C/C=C(\N=C)NC(=O)C[C@H]1CC2CC(c3ccnc4ccc(F)cc34)=C[C@@H]2C1. The summed E-state index contributed by atoms with van der Waals surface area (Å²) in [5, 5.41) is 3.68. The number of rotatable bonds is 6. The van der Waals surface area contributed by atoms with Crippen LogP contribution in [0.2, 0.25) is 0 Å². The van der Waals surface area contributed by atoms with E-state index >= 15 is 0 Å². The third-order valence-electron chi connectivity index (χ3n) is 6.42. The smallest absolute Gasteiger partial charge is 0.225 e. The summed E-state index contributed by atoms with van der Waals surface area (Å²) in [6.45, 7) is 5.32. The number of benzene rings is 1. The standard InChI is InChI=1S/C27H26FN3O/c1-4-17(2)5-8-26(29-3)31-27(32)13-18-11-19-14-21(15-20(19)12-18)23-9-10-30-25-7-6-22(28)16-24(23)25/h1,5-10,14,16,18-20H,3,11-13,15H2,2H3,(H,31,32)/b17-5+,26-8+/t18-,19+,20?/m1/s1. The van der Waals surface area contributed by atoms with E-state index in [-0.39, 0.29) is 11.7 Å². The Kier molecular flexibility index (Phi) is 6.32. The van der Waals surface area contributed by atoms with Gasteiger partial charge in [-0.05, 0) is 104 Å². The minimum absolute atomic E-state index is 0.0554. The lowest BCUT2D eigenvalue weighted by molar-refractivity contribution is -0.121. The molecular weight excluding hydrogens is 401 g/mol. The van der Waals surface area contributed by atoms with Crippen molar-refractivity contribution >= 4 is 29.1 Å². The largest absolute Gasteiger partial charge is 0.311 e. The summed E-state index contributed by atoms with van der Waals surface area (Å²) < 4.78 is 13.8. The Balaban J connectivity index is 1.40. The van der Waals surface area contributed by atoms with Crippen molar-refractivity contribution in [3.63, 3.8) is 0 Å². The summed E-state index contributed by atoms with van der Waals surface area (Å²) in [6.07, 6.45) is 16.2. The Morgan fingerprint density at radius 2 is 2.22 bits per heavy atom. The molecule has 3 atom stereocenters. The molecule has 5 heteroatoms. The molecule has 0 radical (unpaired) electrons. The Hall–Kier alpha value is -3.52. The van der Waals surface area contributed by atoms with E-state index in [9.17, 15) is 9.18 Å². The van der Waals surface area contributed by atoms with Crippen LogP contribution < -0.4 is 5.32 Å². The van der Waals surface area contributed by atoms with Gasteiger partial charge in [0.1, 0.15) is 11.6 Å². The zero-order valence-electron chi connectivity index (χ0n) is 18.1. The third kappa shape index (κ3) is 4.70. The van der Waals surface area contributed by atoms with Gasteiger partial charge in [0, 0.05) is 18.0 Å². The zero-order chi connectivity index (χ0) is 22.7. The number of allylic oxidation sites excluding steroid dienone is 5. The fourth-order valence-electron chi connectivity index (χ4n) is 4.93. The van der Waals surface area contributed by atoms with Crippen LogP contribution in [0, 0.1) is 35.9 Å². The van der Waals surface area contributed by atoms with Gasteiger partial charge < -0.3 is 5.32 Å². The summed E-state index contributed by atoms with van der Waals surface area (Å²) in [4.78, 5) is 20.7. The van der Waals surface area contributed by atoms with E-state index in [1.807, 2.05) is 13.0 Å². The number of hydrogen-bond donors (Lipinski definition) is 1. The van der Waals surface area contributed by atoms with Crippen LogP contribution in [0.5, 0.6) is 0 Å². The van der Waals surface area contributed by atoms with Crippen molar-refractivity contribution in [3.05, 3.63) is 71.5 Å². The quantitative estimate of drug-likeness (QED) is 0.380. The fourth-order valence-corrected chi connectivity index (χ4v) is 4.93. The second kappa shape index (κ2) is 9.32. The molecule has 2 aliphatic rings. The Morgan fingerprint density at radius 1 is 1.38 bits per heavy atom. The van der Waals surface area contributed by atoms with Crippen molar-refractivity contribution in [2.24, 2.45) is 22.7 Å². The molecule has 2 aliphatic carbocycles. The molecule has 1 aromatic heterocycles. The monoisotopic (exact) mass is 427 g/mol. The van der Waals surface area contributed by atoms with E-state index in [1.54, 1.807) is 30.5 Å². The molecule has 4 rings (SSSR count). The van der Waals surface area contributed by atoms with Crippen molar-refractivity contribution in [1.29, 1.82) is 0 Å². The second-order valence-electron chi connectivity index (χ2n) is 8.63. The van der Waals surface area contributed by atoms with Gasteiger partial charge in [-0.25, -0.2) is 9.38 Å². The number of aromatic nitrogens is 1. The average Bonchev–Trinajstić information content (AvgIpc) is 3.34. The summed E-state index contributed by atoms with van der Waals surface area (Å²) in [6, 6.07) is 6.72. The number of carbonyl (C=O) groups is 1. The molecule has 1 amide bonds. The van der Waals surface area contributed by atoms with Crippen LogP contribution in [0.15, 0.2) is 65.1 Å². The van der Waals surface area contributed by atoms with Gasteiger partial charge in [-0.2, -0.15) is 0 Å². The highest BCUT2D eigenvalue weighted by Crippen LogP contribution is 2.49. The lowest BCUT2D eigenvalue weighted by atomic mass is 9.94. The number of nitrogens with one attached hydrogen (secondary N) is 1. The predicted octanol–water partition coefficient (Wildman–Crippen LogP) is 5.43. The number of nitrogens with zero attached hydrogens (tertiary/aromatic N) is 2. The summed E-state index contributed by atoms with van der Waals surface area (Å²) in [7, 11) is 0. The molecule has 1 N–H and O–H groups in total. The predicted molar refractivity (Wildman–Crippen MR) is 127 cm³/mol. The Morgan fingerprint density at radius 3 is 2.97 bits per heavy atom. The highest BCUT2D eigenvalue weighted by molar-refractivity contribution is 5.92. The van der Waals surface area contributed by atoms with Crippen LogP contribution >= 0.6 is 0 Å². The van der Waals surface area contributed by atoms with Gasteiger partial charge in [0.2, 0.25) is 5.91 Å². The molecule has 0 aliphatic heterocycles. The number of carbonyl (C=O) groups excluding carboxylic acids is 1. The minimum atomic E-state index is -0.246. The fraction of sp³-hybridized carbons (Fsp3) is 0.296. The highest BCUT2D eigenvalue weighted by atomic mass is 19.1. The molecule has 162 valence electrons. The lowest BCUT2D eigenvalue weighted by Crippen LogP contribution is -2.23. The average molecular weight is 428 g/mol. The highest BCUT2D eigenvalue weighted by Gasteiger charge is 2.38. The molecule has 1 fully saturated rings. The van der Waals surface area contributed by atoms with E-state index in [4.69, 9.17) is 6.42 Å². The molecule has 2 aromatic rings. The van der Waals surface area contributed by atoms with E-state index in [1.165, 1.54) is 11.6 Å². The lowest BCUT2D eigenvalue weighted by Gasteiger charge is -2.13. The molecule has 0 spiro atoms. The number of pyridine rings is 1. The van der Waals surface area contributed by atoms with E-state index < -0.39 is 0 Å². The van der Waals surface area contributed by atoms with Gasteiger partial charge in [0.15, 0.2) is 0 Å². The van der Waals surface area contributed by atoms with Gasteiger partial charge >= 0.3 is 0 Å². The molecule has 1 saturated carbocycles. The first-order valence-electron chi connectivity index (χ1n) is 10.8. The number of fused-ring (bicyclic) bond motifs is 2. The van der Waals surface area contributed by atoms with Crippen LogP contribution in [-0.2, 0) is 4.79 Å². The number of terminal acetylenes is 1. The topological polar surface area (TPSA) is 54.4 Å². The summed E-state index contributed by atoms with van der Waals surface area (Å²) >= 11 is 0. The number of aliphatic imine (C=N–C) groups is 1. The normalized spacial score (nSPS) is 22.9. The molecular formula is C27H26FN3O. The molecule has 4 nitrogen and oxygen atoms in total. The van der Waals surface area contributed by atoms with Crippen molar-refractivity contribution < 1.29 is 9.18 Å². The summed E-state index contributed by atoms with van der Waals surface area (Å²) in [5.74, 6) is 3.93. The second-order valence-corrected chi connectivity index (χ2v) is 8.63. The van der Waals surface area contributed by atoms with Gasteiger partial charge in [-0.3, -0.25) is 9.78 Å². The Labute approximate surface area is 188 Å². The van der Waals surface area contributed by atoms with Crippen molar-refractivity contribution in [3.8, 4) is 12.3 Å². The Bertz CT molecular complexity index is 1200. The molecule has 1 heterocycles. The number of halogens is 1. The van der Waals surface area contributed by atoms with Crippen molar-refractivity contribution in [1.82, 2.24) is 10.3 Å². The van der Waals surface area contributed by atoms with Crippen LogP contribution in [0.4, 0.5) is 4.39 Å². The van der Waals surface area contributed by atoms with Gasteiger partial charge in [0.25, 0.3) is 0 Å².